The fourth-order valence-corrected chi connectivity index (χ4v) is 3.25. The number of rotatable bonds is 2. The highest BCUT2D eigenvalue weighted by molar-refractivity contribution is 9.10. The van der Waals surface area contributed by atoms with E-state index < -0.39 is 10.1 Å². The molecule has 0 N–H and O–H groups in total. The Hall–Kier alpha value is -0.910. The van der Waals surface area contributed by atoms with Crippen molar-refractivity contribution in [2.24, 2.45) is 0 Å². The van der Waals surface area contributed by atoms with Gasteiger partial charge in [-0.3, -0.25) is 4.18 Å². The first-order chi connectivity index (χ1) is 7.56. The van der Waals surface area contributed by atoms with Crippen LogP contribution in [-0.4, -0.2) is 8.42 Å². The van der Waals surface area contributed by atoms with E-state index in [1.807, 2.05) is 24.3 Å². The molecule has 0 heterocycles. The van der Waals surface area contributed by atoms with Crippen molar-refractivity contribution in [2.45, 2.75) is 4.90 Å². The fourth-order valence-electron chi connectivity index (χ4n) is 1.47. The molecule has 0 saturated carbocycles. The second-order valence-electron chi connectivity index (χ2n) is 3.17. The summed E-state index contributed by atoms with van der Waals surface area (Å²) < 4.78 is 27.8. The molecule has 2 aromatic rings. The van der Waals surface area contributed by atoms with Crippen molar-refractivity contribution in [1.29, 1.82) is 0 Å². The molecule has 0 spiro atoms. The van der Waals surface area contributed by atoms with Gasteiger partial charge in [-0.15, -0.1) is 0 Å². The van der Waals surface area contributed by atoms with Crippen molar-refractivity contribution in [3.05, 3.63) is 48.0 Å². The fraction of sp³-hybridized carbons (Fsp3) is 0. The Balaban J connectivity index is 2.80. The average Bonchev–Trinajstić information content (AvgIpc) is 2.29. The lowest BCUT2D eigenvalue weighted by atomic mass is 10.1. The Bertz CT molecular complexity index is 635. The Morgan fingerprint density at radius 3 is 2.50 bits per heavy atom. The molecule has 0 atom stereocenters. The molecule has 3 nitrogen and oxygen atoms in total. The molecule has 0 aliphatic heterocycles. The van der Waals surface area contributed by atoms with Gasteiger partial charge >= 0.3 is 0 Å². The summed E-state index contributed by atoms with van der Waals surface area (Å²) in [4.78, 5) is 0.0844. The van der Waals surface area contributed by atoms with Crippen LogP contribution in [0.15, 0.2) is 45.8 Å². The molecule has 0 saturated heterocycles. The van der Waals surface area contributed by atoms with E-state index in [1.165, 1.54) is 6.07 Å². The lowest BCUT2D eigenvalue weighted by Crippen LogP contribution is -2.02. The van der Waals surface area contributed by atoms with E-state index in [0.717, 1.165) is 10.8 Å². The molecule has 0 aliphatic carbocycles. The SMILES string of the molecule is [CH2]OS(=O)(=O)c1ccc2ccccc2c1Br. The largest absolute Gasteiger partial charge is 0.298 e. The van der Waals surface area contributed by atoms with E-state index in [2.05, 4.69) is 27.2 Å². The predicted octanol–water partition coefficient (Wildman–Crippen LogP) is 3.10. The molecule has 0 bridgehead atoms. The Morgan fingerprint density at radius 2 is 1.81 bits per heavy atom. The van der Waals surface area contributed by atoms with Gasteiger partial charge in [-0.2, -0.15) is 8.42 Å². The van der Waals surface area contributed by atoms with E-state index in [0.29, 0.717) is 4.47 Å². The molecule has 2 rings (SSSR count). The summed E-state index contributed by atoms with van der Waals surface area (Å²) in [6.07, 6.45) is 0. The van der Waals surface area contributed by atoms with Crippen LogP contribution in [-0.2, 0) is 14.3 Å². The molecular formula is C11H8BrO3S. The normalized spacial score (nSPS) is 11.9. The van der Waals surface area contributed by atoms with E-state index in [9.17, 15) is 8.42 Å². The monoisotopic (exact) mass is 299 g/mol. The summed E-state index contributed by atoms with van der Waals surface area (Å²) in [6, 6.07) is 10.7. The van der Waals surface area contributed by atoms with Gasteiger partial charge in [0.2, 0.25) is 0 Å². The van der Waals surface area contributed by atoms with Crippen LogP contribution in [0.25, 0.3) is 10.8 Å². The second-order valence-corrected chi connectivity index (χ2v) is 5.55. The van der Waals surface area contributed by atoms with Gasteiger partial charge in [-0.25, -0.2) is 0 Å². The van der Waals surface area contributed by atoms with Crippen LogP contribution in [0.5, 0.6) is 0 Å². The van der Waals surface area contributed by atoms with E-state index >= 15 is 0 Å². The van der Waals surface area contributed by atoms with E-state index in [1.54, 1.807) is 6.07 Å². The summed E-state index contributed by atoms with van der Waals surface area (Å²) in [7, 11) is -0.832. The zero-order chi connectivity index (χ0) is 11.8. The maximum absolute atomic E-state index is 11.6. The van der Waals surface area contributed by atoms with Crippen molar-refractivity contribution in [3.8, 4) is 0 Å². The minimum atomic E-state index is -3.78. The zero-order valence-electron chi connectivity index (χ0n) is 8.18. The number of halogens is 1. The number of hydrogen-bond donors (Lipinski definition) is 0. The van der Waals surface area contributed by atoms with Crippen molar-refractivity contribution >= 4 is 36.8 Å². The Labute approximate surface area is 102 Å². The molecule has 16 heavy (non-hydrogen) atoms. The second kappa shape index (κ2) is 4.16. The Kier molecular flexibility index (Phi) is 3.01. The first kappa shape index (κ1) is 11.6. The van der Waals surface area contributed by atoms with Gasteiger partial charge in [0, 0.05) is 4.47 Å². The molecule has 1 radical (unpaired) electrons. The van der Waals surface area contributed by atoms with Crippen LogP contribution in [0.4, 0.5) is 0 Å². The number of benzene rings is 2. The van der Waals surface area contributed by atoms with Gasteiger partial charge in [0.15, 0.2) is 0 Å². The average molecular weight is 300 g/mol. The molecule has 0 aliphatic rings. The summed E-state index contributed by atoms with van der Waals surface area (Å²) in [5, 5.41) is 1.78. The first-order valence-electron chi connectivity index (χ1n) is 4.42. The third kappa shape index (κ3) is 1.86. The van der Waals surface area contributed by atoms with Crippen molar-refractivity contribution in [1.82, 2.24) is 0 Å². The van der Waals surface area contributed by atoms with Gasteiger partial charge in [0.1, 0.15) is 4.90 Å². The minimum Gasteiger partial charge on any atom is -0.264 e. The van der Waals surface area contributed by atoms with Gasteiger partial charge in [0.05, 0.1) is 7.11 Å². The molecule has 0 aromatic heterocycles. The molecular weight excluding hydrogens is 292 g/mol. The molecule has 0 fully saturated rings. The summed E-state index contributed by atoms with van der Waals surface area (Å²) in [5.74, 6) is 0. The molecule has 0 amide bonds. The minimum absolute atomic E-state index is 0.0844. The highest BCUT2D eigenvalue weighted by Crippen LogP contribution is 2.31. The first-order valence-corrected chi connectivity index (χ1v) is 6.62. The maximum atomic E-state index is 11.6. The summed E-state index contributed by atoms with van der Waals surface area (Å²) >= 11 is 3.27. The summed E-state index contributed by atoms with van der Waals surface area (Å²) in [6.45, 7) is 0. The van der Waals surface area contributed by atoms with Gasteiger partial charge in [-0.1, -0.05) is 30.3 Å². The lowest BCUT2D eigenvalue weighted by molar-refractivity contribution is 0.437. The third-order valence-corrected chi connectivity index (χ3v) is 4.56. The number of fused-ring (bicyclic) bond motifs is 1. The molecule has 0 unspecified atom stereocenters. The van der Waals surface area contributed by atoms with Gasteiger partial charge in [-0.05, 0) is 32.8 Å². The van der Waals surface area contributed by atoms with Crippen LogP contribution in [0.2, 0.25) is 0 Å². The lowest BCUT2D eigenvalue weighted by Gasteiger charge is -2.07. The Morgan fingerprint density at radius 1 is 1.12 bits per heavy atom. The molecule has 83 valence electrons. The van der Waals surface area contributed by atoms with Crippen LogP contribution < -0.4 is 0 Å². The predicted molar refractivity (Wildman–Crippen MR) is 65.3 cm³/mol. The third-order valence-electron chi connectivity index (χ3n) is 2.25. The number of hydrogen-bond acceptors (Lipinski definition) is 3. The van der Waals surface area contributed by atoms with E-state index in [4.69, 9.17) is 0 Å². The van der Waals surface area contributed by atoms with Crippen molar-refractivity contribution < 1.29 is 12.6 Å². The van der Waals surface area contributed by atoms with Crippen molar-refractivity contribution in [3.63, 3.8) is 0 Å². The standard InChI is InChI=1S/C11H8BrO3S/c1-15-16(13,14)10-7-6-8-4-2-3-5-9(8)11(10)12/h2-7H,1H2. The van der Waals surface area contributed by atoms with Crippen molar-refractivity contribution in [2.75, 3.05) is 0 Å². The van der Waals surface area contributed by atoms with Gasteiger partial charge < -0.3 is 0 Å². The zero-order valence-corrected chi connectivity index (χ0v) is 10.6. The smallest absolute Gasteiger partial charge is 0.264 e. The highest BCUT2D eigenvalue weighted by atomic mass is 79.9. The van der Waals surface area contributed by atoms with Crippen LogP contribution in [0.3, 0.4) is 0 Å². The van der Waals surface area contributed by atoms with Crippen LogP contribution >= 0.6 is 15.9 Å². The maximum Gasteiger partial charge on any atom is 0.298 e. The highest BCUT2D eigenvalue weighted by Gasteiger charge is 2.18. The van der Waals surface area contributed by atoms with Crippen LogP contribution in [0, 0.1) is 7.11 Å². The quantitative estimate of drug-likeness (QED) is 0.800. The van der Waals surface area contributed by atoms with E-state index in [-0.39, 0.29) is 4.90 Å². The van der Waals surface area contributed by atoms with Crippen LogP contribution in [0.1, 0.15) is 0 Å². The molecule has 5 heteroatoms. The van der Waals surface area contributed by atoms with Gasteiger partial charge in [0.25, 0.3) is 10.1 Å². The topological polar surface area (TPSA) is 43.4 Å². The summed E-state index contributed by atoms with van der Waals surface area (Å²) in [5.41, 5.74) is 0. The molecule has 2 aromatic carbocycles.